The molecule has 0 aromatic heterocycles. The summed E-state index contributed by atoms with van der Waals surface area (Å²) in [5.74, 6) is -1.53. The van der Waals surface area contributed by atoms with E-state index in [-0.39, 0.29) is 35.5 Å². The number of aliphatic hydroxyl groups excluding tert-OH is 1. The molecule has 1 unspecified atom stereocenters. The fraction of sp³-hybridized carbons (Fsp3) is 0.424. The van der Waals surface area contributed by atoms with Crippen LogP contribution in [-0.4, -0.2) is 74.4 Å². The predicted octanol–water partition coefficient (Wildman–Crippen LogP) is 3.89. The third-order valence-electron chi connectivity index (χ3n) is 8.81. The van der Waals surface area contributed by atoms with Crippen LogP contribution in [0.15, 0.2) is 85.0 Å². The van der Waals surface area contributed by atoms with Crippen molar-refractivity contribution in [1.82, 2.24) is 9.80 Å². The lowest BCUT2D eigenvalue weighted by Gasteiger charge is -2.39. The zero-order valence-electron chi connectivity index (χ0n) is 23.5. The Morgan fingerprint density at radius 2 is 1.63 bits per heavy atom. The Morgan fingerprint density at radius 1 is 0.927 bits per heavy atom. The molecule has 0 saturated carbocycles. The van der Waals surface area contributed by atoms with Gasteiger partial charge >= 0.3 is 0 Å². The van der Waals surface area contributed by atoms with Crippen molar-refractivity contribution >= 4 is 35.2 Å². The molecule has 1 spiro atoms. The number of nitrogens with zero attached hydrogens (tertiary/aromatic N) is 3. The molecule has 6 atom stereocenters. The summed E-state index contributed by atoms with van der Waals surface area (Å²) in [6, 6.07) is 18.1. The second-order valence-corrected chi connectivity index (χ2v) is 13.4. The van der Waals surface area contributed by atoms with Gasteiger partial charge in [-0.3, -0.25) is 14.4 Å². The molecular weight excluding hydrogens is 534 g/mol. The zero-order chi connectivity index (χ0) is 28.7. The molecule has 0 bridgehead atoms. The van der Waals surface area contributed by atoms with Gasteiger partial charge in [-0.15, -0.1) is 11.8 Å². The van der Waals surface area contributed by atoms with Gasteiger partial charge < -0.3 is 19.8 Å². The third-order valence-corrected chi connectivity index (χ3v) is 10.6. The lowest BCUT2D eigenvalue weighted by molar-refractivity contribution is -0.146. The molecule has 1 N–H and O–H groups in total. The van der Waals surface area contributed by atoms with Crippen LogP contribution in [0.2, 0.25) is 0 Å². The number of amides is 3. The molecule has 8 heteroatoms. The molecule has 3 amide bonds. The molecule has 2 saturated heterocycles. The first-order chi connectivity index (χ1) is 19.9. The summed E-state index contributed by atoms with van der Waals surface area (Å²) in [7, 11) is 0. The Hall–Kier alpha value is -3.36. The van der Waals surface area contributed by atoms with Crippen LogP contribution in [0.5, 0.6) is 0 Å². The molecule has 4 heterocycles. The number of rotatable bonds is 7. The van der Waals surface area contributed by atoms with E-state index < -0.39 is 28.7 Å². The van der Waals surface area contributed by atoms with Crippen LogP contribution >= 0.6 is 11.8 Å². The van der Waals surface area contributed by atoms with Crippen molar-refractivity contribution in [2.24, 2.45) is 17.8 Å². The molecule has 41 heavy (non-hydrogen) atoms. The molecule has 0 aliphatic carbocycles. The summed E-state index contributed by atoms with van der Waals surface area (Å²) in [5.41, 5.74) is 1.81. The molecule has 2 aromatic carbocycles. The number of thioether (sulfide) groups is 1. The highest BCUT2D eigenvalue weighted by atomic mass is 32.2. The quantitative estimate of drug-likeness (QED) is 0.510. The number of aliphatic hydroxyl groups is 1. The van der Waals surface area contributed by atoms with Crippen molar-refractivity contribution in [2.75, 3.05) is 24.6 Å². The number of hydrogen-bond donors (Lipinski definition) is 1. The summed E-state index contributed by atoms with van der Waals surface area (Å²) in [6.07, 6.45) is 8.68. The van der Waals surface area contributed by atoms with Gasteiger partial charge in [0, 0.05) is 30.6 Å². The molecule has 4 aliphatic rings. The first kappa shape index (κ1) is 27.8. The second kappa shape index (κ2) is 11.1. The number of benzene rings is 2. The summed E-state index contributed by atoms with van der Waals surface area (Å²) in [4.78, 5) is 48.7. The van der Waals surface area contributed by atoms with Crippen LogP contribution in [0.3, 0.4) is 0 Å². The molecule has 0 radical (unpaired) electrons. The predicted molar refractivity (Wildman–Crippen MR) is 161 cm³/mol. The Morgan fingerprint density at radius 3 is 2.32 bits per heavy atom. The molecule has 2 fully saturated rings. The maximum Gasteiger partial charge on any atom is 0.247 e. The van der Waals surface area contributed by atoms with Crippen molar-refractivity contribution in [3.05, 3.63) is 90.5 Å². The Labute approximate surface area is 245 Å². The van der Waals surface area contributed by atoms with E-state index >= 15 is 0 Å². The van der Waals surface area contributed by atoms with E-state index in [0.717, 1.165) is 11.3 Å². The number of carbonyl (C=O) groups is 3. The van der Waals surface area contributed by atoms with Crippen molar-refractivity contribution in [3.63, 3.8) is 0 Å². The number of hydrogen-bond acceptors (Lipinski definition) is 5. The van der Waals surface area contributed by atoms with Crippen LogP contribution in [0.25, 0.3) is 0 Å². The minimum Gasteiger partial charge on any atom is -0.394 e. The Kier molecular flexibility index (Phi) is 7.55. The second-order valence-electron chi connectivity index (χ2n) is 11.9. The lowest BCUT2D eigenvalue weighted by atomic mass is 9.78. The van der Waals surface area contributed by atoms with Crippen molar-refractivity contribution in [2.45, 2.75) is 48.9 Å². The van der Waals surface area contributed by atoms with Gasteiger partial charge in [0.2, 0.25) is 17.7 Å². The van der Waals surface area contributed by atoms with E-state index in [1.807, 2.05) is 78.9 Å². The van der Waals surface area contributed by atoms with Crippen molar-refractivity contribution < 1.29 is 19.5 Å². The molecule has 6 rings (SSSR count). The van der Waals surface area contributed by atoms with Crippen LogP contribution in [0.1, 0.15) is 25.8 Å². The molecule has 4 aliphatic heterocycles. The van der Waals surface area contributed by atoms with Gasteiger partial charge in [0.15, 0.2) is 0 Å². The summed E-state index contributed by atoms with van der Waals surface area (Å²) in [5, 5.41) is 10.3. The van der Waals surface area contributed by atoms with Gasteiger partial charge in [-0.05, 0) is 30.0 Å². The van der Waals surface area contributed by atoms with Gasteiger partial charge in [-0.1, -0.05) is 86.7 Å². The Bertz CT molecular complexity index is 1360. The first-order valence-electron chi connectivity index (χ1n) is 14.5. The van der Waals surface area contributed by atoms with Gasteiger partial charge in [-0.25, -0.2) is 0 Å². The van der Waals surface area contributed by atoms with E-state index in [4.69, 9.17) is 0 Å². The van der Waals surface area contributed by atoms with E-state index in [1.165, 1.54) is 0 Å². The summed E-state index contributed by atoms with van der Waals surface area (Å²) >= 11 is 1.58. The fourth-order valence-corrected chi connectivity index (χ4v) is 9.12. The van der Waals surface area contributed by atoms with Gasteiger partial charge in [-0.2, -0.15) is 0 Å². The number of carbonyl (C=O) groups excluding carboxylic acids is 3. The van der Waals surface area contributed by atoms with Gasteiger partial charge in [0.25, 0.3) is 0 Å². The monoisotopic (exact) mass is 571 g/mol. The fourth-order valence-electron chi connectivity index (χ4n) is 7.12. The van der Waals surface area contributed by atoms with E-state index in [9.17, 15) is 19.5 Å². The highest BCUT2D eigenvalue weighted by Gasteiger charge is 2.71. The smallest absolute Gasteiger partial charge is 0.247 e. The largest absolute Gasteiger partial charge is 0.394 e. The number of anilines is 1. The molecule has 214 valence electrons. The van der Waals surface area contributed by atoms with E-state index in [0.29, 0.717) is 26.1 Å². The molecular formula is C33H37N3O4S. The first-order valence-corrected chi connectivity index (χ1v) is 15.4. The number of fused-ring (bicyclic) bond motifs is 2. The van der Waals surface area contributed by atoms with Gasteiger partial charge in [0.05, 0.1) is 29.2 Å². The van der Waals surface area contributed by atoms with Crippen LogP contribution < -0.4 is 4.90 Å². The molecule has 7 nitrogen and oxygen atoms in total. The van der Waals surface area contributed by atoms with Crippen LogP contribution in [-0.2, 0) is 20.9 Å². The van der Waals surface area contributed by atoms with E-state index in [1.54, 1.807) is 26.5 Å². The maximum atomic E-state index is 14.6. The van der Waals surface area contributed by atoms with Crippen molar-refractivity contribution in [3.8, 4) is 0 Å². The minimum absolute atomic E-state index is 0.0924. The zero-order valence-corrected chi connectivity index (χ0v) is 24.3. The minimum atomic E-state index is -0.904. The van der Waals surface area contributed by atoms with Crippen LogP contribution in [0.4, 0.5) is 5.69 Å². The Balaban J connectivity index is 1.44. The van der Waals surface area contributed by atoms with E-state index in [2.05, 4.69) is 19.9 Å². The third kappa shape index (κ3) is 4.71. The lowest BCUT2D eigenvalue weighted by Crippen LogP contribution is -2.56. The van der Waals surface area contributed by atoms with Crippen LogP contribution in [0, 0.1) is 17.8 Å². The average Bonchev–Trinajstić information content (AvgIpc) is 3.30. The summed E-state index contributed by atoms with van der Waals surface area (Å²) in [6.45, 7) is 5.15. The standard InChI is InChI=1S/C33H37N3O4S/c1-22(2)19-25(21-37)36-29-32(40)34(20-23-11-5-3-6-12-23)17-10-16-33(29)28(31(36)39)27-26(41-33)15-9-18-35(30(27)38)24-13-7-4-8-14-24/h3-16,22,25-29,37H,17-21H2,1-2H3/t25-,26+,27-,28+,29?,33+/m1/s1. The SMILES string of the molecule is CC(C)C[C@H](CO)N1C(=O)[C@@H]2[C@@H]3C(=O)N(c4ccccc4)CC=C[C@@H]3S[C@@]23C=CCN(Cc2ccccc2)C(=O)C13. The summed E-state index contributed by atoms with van der Waals surface area (Å²) < 4.78 is -0.904. The maximum absolute atomic E-state index is 14.6. The molecule has 2 aromatic rings. The highest BCUT2D eigenvalue weighted by Crippen LogP contribution is 2.61. The number of para-hydroxylation sites is 1. The van der Waals surface area contributed by atoms with Crippen molar-refractivity contribution in [1.29, 1.82) is 0 Å². The topological polar surface area (TPSA) is 81.2 Å². The normalized spacial score (nSPS) is 29.9. The van der Waals surface area contributed by atoms with Gasteiger partial charge in [0.1, 0.15) is 6.04 Å². The highest BCUT2D eigenvalue weighted by molar-refractivity contribution is 8.02. The number of likely N-dealkylation sites (tertiary alicyclic amines) is 1. The average molecular weight is 572 g/mol.